The van der Waals surface area contributed by atoms with Gasteiger partial charge in [0.1, 0.15) is 11.6 Å². The van der Waals surface area contributed by atoms with Gasteiger partial charge in [0.2, 0.25) is 5.91 Å². The number of rotatable bonds is 7. The molecule has 5 heteroatoms. The van der Waals surface area contributed by atoms with Crippen LogP contribution in [0.3, 0.4) is 0 Å². The Hall–Kier alpha value is -1.23. The van der Waals surface area contributed by atoms with E-state index in [0.29, 0.717) is 0 Å². The van der Waals surface area contributed by atoms with Crippen LogP contribution in [-0.2, 0) is 14.4 Å². The van der Waals surface area contributed by atoms with Crippen molar-refractivity contribution in [2.24, 2.45) is 5.92 Å². The summed E-state index contributed by atoms with van der Waals surface area (Å²) < 4.78 is 0. The van der Waals surface area contributed by atoms with Crippen LogP contribution in [0.15, 0.2) is 0 Å². The Morgan fingerprint density at radius 3 is 2.06 bits per heavy atom. The molecule has 0 aromatic carbocycles. The van der Waals surface area contributed by atoms with Gasteiger partial charge in [-0.1, -0.05) is 6.92 Å². The molecule has 0 saturated carbocycles. The summed E-state index contributed by atoms with van der Waals surface area (Å²) in [5, 5.41) is 5.43. The third kappa shape index (κ3) is 5.60. The lowest BCUT2D eigenvalue weighted by Gasteiger charge is -2.14. The molecule has 2 unspecified atom stereocenters. The number of Topliss-reactive ketones (excluding diaryl/α,β-unsaturated/α-hetero) is 2. The summed E-state index contributed by atoms with van der Waals surface area (Å²) in [6.07, 6.45) is 0.170. The second-order valence-electron chi connectivity index (χ2n) is 3.97. The molecule has 2 N–H and O–H groups in total. The predicted octanol–water partition coefficient (Wildman–Crippen LogP) is -0.105. The van der Waals surface area contributed by atoms with Crippen molar-refractivity contribution in [1.82, 2.24) is 10.6 Å². The van der Waals surface area contributed by atoms with E-state index in [-0.39, 0.29) is 42.4 Å². The van der Waals surface area contributed by atoms with Crippen molar-refractivity contribution in [3.63, 3.8) is 0 Å². The van der Waals surface area contributed by atoms with E-state index in [4.69, 9.17) is 0 Å². The molecule has 0 aromatic rings. The number of amides is 1. The first-order chi connectivity index (χ1) is 7.38. The molecule has 0 radical (unpaired) electrons. The first kappa shape index (κ1) is 14.8. The fourth-order valence-electron chi connectivity index (χ4n) is 1.16. The summed E-state index contributed by atoms with van der Waals surface area (Å²) in [4.78, 5) is 33.4. The number of carbonyl (C=O) groups excluding carboxylic acids is 3. The standard InChI is InChI=1S/C11H20N2O3/c1-7(8(2)14)5-11(16)13-6-10(12-4)9(3)15/h7,10,12H,5-6H2,1-4H3,(H,13,16). The van der Waals surface area contributed by atoms with Crippen LogP contribution in [0, 0.1) is 5.92 Å². The number of likely N-dealkylation sites (N-methyl/N-ethyl adjacent to an activating group) is 1. The number of hydrogen-bond donors (Lipinski definition) is 2. The molecule has 2 atom stereocenters. The van der Waals surface area contributed by atoms with Crippen LogP contribution in [0.5, 0.6) is 0 Å². The number of hydrogen-bond acceptors (Lipinski definition) is 4. The summed E-state index contributed by atoms with van der Waals surface area (Å²) in [6, 6.07) is -0.364. The molecule has 0 rings (SSSR count). The molecule has 0 aliphatic carbocycles. The van der Waals surface area contributed by atoms with Crippen molar-refractivity contribution in [2.45, 2.75) is 33.2 Å². The lowest BCUT2D eigenvalue weighted by molar-refractivity contribution is -0.127. The van der Waals surface area contributed by atoms with Gasteiger partial charge in [0, 0.05) is 18.9 Å². The zero-order valence-electron chi connectivity index (χ0n) is 10.3. The molecule has 92 valence electrons. The Kier molecular flexibility index (Phi) is 6.56. The minimum atomic E-state index is -0.364. The Morgan fingerprint density at radius 2 is 1.69 bits per heavy atom. The number of nitrogens with one attached hydrogen (secondary N) is 2. The smallest absolute Gasteiger partial charge is 0.220 e. The number of carbonyl (C=O) groups is 3. The van der Waals surface area contributed by atoms with Crippen LogP contribution < -0.4 is 10.6 Å². The van der Waals surface area contributed by atoms with E-state index in [0.717, 1.165) is 0 Å². The molecule has 0 aliphatic heterocycles. The minimum absolute atomic E-state index is 0.00751. The molecule has 0 spiro atoms. The van der Waals surface area contributed by atoms with Gasteiger partial charge < -0.3 is 10.6 Å². The highest BCUT2D eigenvalue weighted by Crippen LogP contribution is 2.02. The molecule has 0 aliphatic rings. The molecular weight excluding hydrogens is 208 g/mol. The maximum absolute atomic E-state index is 11.4. The third-order valence-corrected chi connectivity index (χ3v) is 2.53. The van der Waals surface area contributed by atoms with Crippen molar-refractivity contribution < 1.29 is 14.4 Å². The molecular formula is C11H20N2O3. The Morgan fingerprint density at radius 1 is 1.12 bits per heavy atom. The second-order valence-corrected chi connectivity index (χ2v) is 3.97. The van der Waals surface area contributed by atoms with E-state index in [1.165, 1.54) is 13.8 Å². The van der Waals surface area contributed by atoms with Crippen LogP contribution in [0.2, 0.25) is 0 Å². The van der Waals surface area contributed by atoms with E-state index in [9.17, 15) is 14.4 Å². The summed E-state index contributed by atoms with van der Waals surface area (Å²) in [6.45, 7) is 4.90. The summed E-state index contributed by atoms with van der Waals surface area (Å²) in [5.41, 5.74) is 0. The molecule has 0 fully saturated rings. The van der Waals surface area contributed by atoms with Gasteiger partial charge in [-0.25, -0.2) is 0 Å². The summed E-state index contributed by atoms with van der Waals surface area (Å²) in [5.74, 6) is -0.510. The second kappa shape index (κ2) is 7.11. The Balaban J connectivity index is 3.97. The van der Waals surface area contributed by atoms with Crippen LogP contribution in [0.1, 0.15) is 27.2 Å². The maximum atomic E-state index is 11.4. The summed E-state index contributed by atoms with van der Waals surface area (Å²) >= 11 is 0. The maximum Gasteiger partial charge on any atom is 0.220 e. The van der Waals surface area contributed by atoms with Crippen LogP contribution in [0.4, 0.5) is 0 Å². The largest absolute Gasteiger partial charge is 0.354 e. The molecule has 16 heavy (non-hydrogen) atoms. The van der Waals surface area contributed by atoms with Crippen molar-refractivity contribution in [1.29, 1.82) is 0 Å². The van der Waals surface area contributed by atoms with Crippen molar-refractivity contribution >= 4 is 17.5 Å². The van der Waals surface area contributed by atoms with Crippen molar-refractivity contribution in [3.05, 3.63) is 0 Å². The fraction of sp³-hybridized carbons (Fsp3) is 0.727. The minimum Gasteiger partial charge on any atom is -0.354 e. The topological polar surface area (TPSA) is 75.3 Å². The molecule has 0 saturated heterocycles. The van der Waals surface area contributed by atoms with E-state index in [2.05, 4.69) is 10.6 Å². The lowest BCUT2D eigenvalue weighted by atomic mass is 10.0. The highest BCUT2D eigenvalue weighted by atomic mass is 16.2. The predicted molar refractivity (Wildman–Crippen MR) is 61.0 cm³/mol. The zero-order valence-corrected chi connectivity index (χ0v) is 10.3. The van der Waals surface area contributed by atoms with E-state index in [1.807, 2.05) is 0 Å². The highest BCUT2D eigenvalue weighted by Gasteiger charge is 2.16. The molecule has 0 bridgehead atoms. The third-order valence-electron chi connectivity index (χ3n) is 2.53. The Bertz CT molecular complexity index is 276. The molecule has 0 heterocycles. The average molecular weight is 228 g/mol. The lowest BCUT2D eigenvalue weighted by Crippen LogP contribution is -2.43. The Labute approximate surface area is 96.0 Å². The quantitative estimate of drug-likeness (QED) is 0.638. The molecule has 1 amide bonds. The molecule has 5 nitrogen and oxygen atoms in total. The molecule has 0 aromatic heterocycles. The summed E-state index contributed by atoms with van der Waals surface area (Å²) in [7, 11) is 1.66. The van der Waals surface area contributed by atoms with Crippen LogP contribution in [0.25, 0.3) is 0 Å². The van der Waals surface area contributed by atoms with Crippen molar-refractivity contribution in [2.75, 3.05) is 13.6 Å². The zero-order chi connectivity index (χ0) is 12.7. The number of ketones is 2. The van der Waals surface area contributed by atoms with Crippen LogP contribution >= 0.6 is 0 Å². The van der Waals surface area contributed by atoms with Gasteiger partial charge in [-0.3, -0.25) is 14.4 Å². The van der Waals surface area contributed by atoms with Gasteiger partial charge in [-0.2, -0.15) is 0 Å². The van der Waals surface area contributed by atoms with Crippen LogP contribution in [-0.4, -0.2) is 37.1 Å². The normalized spacial score (nSPS) is 14.0. The van der Waals surface area contributed by atoms with E-state index in [1.54, 1.807) is 14.0 Å². The fourth-order valence-corrected chi connectivity index (χ4v) is 1.16. The van der Waals surface area contributed by atoms with Gasteiger partial charge in [0.15, 0.2) is 0 Å². The SMILES string of the molecule is CNC(CNC(=O)CC(C)C(C)=O)C(C)=O. The van der Waals surface area contributed by atoms with Gasteiger partial charge >= 0.3 is 0 Å². The van der Waals surface area contributed by atoms with Gasteiger partial charge in [-0.15, -0.1) is 0 Å². The van der Waals surface area contributed by atoms with Crippen molar-refractivity contribution in [3.8, 4) is 0 Å². The van der Waals surface area contributed by atoms with E-state index < -0.39 is 0 Å². The van der Waals surface area contributed by atoms with E-state index >= 15 is 0 Å². The first-order valence-corrected chi connectivity index (χ1v) is 5.33. The highest BCUT2D eigenvalue weighted by molar-refractivity contribution is 5.86. The first-order valence-electron chi connectivity index (χ1n) is 5.33. The van der Waals surface area contributed by atoms with Gasteiger partial charge in [-0.05, 0) is 20.9 Å². The average Bonchev–Trinajstić information content (AvgIpc) is 2.17. The van der Waals surface area contributed by atoms with Gasteiger partial charge in [0.25, 0.3) is 0 Å². The monoisotopic (exact) mass is 228 g/mol. The van der Waals surface area contributed by atoms with Gasteiger partial charge in [0.05, 0.1) is 6.04 Å².